The van der Waals surface area contributed by atoms with Crippen LogP contribution in [0.15, 0.2) is 46.4 Å². The van der Waals surface area contributed by atoms with E-state index in [1.54, 1.807) is 17.5 Å². The van der Waals surface area contributed by atoms with E-state index >= 15 is 0 Å². The van der Waals surface area contributed by atoms with E-state index in [-0.39, 0.29) is 11.8 Å². The number of aromatic nitrogens is 3. The van der Waals surface area contributed by atoms with Crippen molar-refractivity contribution in [1.29, 1.82) is 0 Å². The van der Waals surface area contributed by atoms with Gasteiger partial charge < -0.3 is 9.42 Å². The molecular weight excluding hydrogens is 312 g/mol. The lowest BCUT2D eigenvalue weighted by Gasteiger charge is -2.14. The summed E-state index contributed by atoms with van der Waals surface area (Å²) in [4.78, 5) is 23.8. The quantitative estimate of drug-likeness (QED) is 0.737. The summed E-state index contributed by atoms with van der Waals surface area (Å²) in [5, 5.41) is 6.06. The van der Waals surface area contributed by atoms with E-state index in [0.29, 0.717) is 36.9 Å². The molecule has 0 aromatic carbocycles. The molecule has 3 aromatic rings. The summed E-state index contributed by atoms with van der Waals surface area (Å²) >= 11 is 1.66. The number of amides is 1. The van der Waals surface area contributed by atoms with Crippen molar-refractivity contribution in [3.8, 4) is 11.6 Å². The van der Waals surface area contributed by atoms with Gasteiger partial charge in [-0.1, -0.05) is 17.3 Å². The van der Waals surface area contributed by atoms with E-state index in [1.807, 2.05) is 40.6 Å². The molecule has 4 rings (SSSR count). The zero-order valence-electron chi connectivity index (χ0n) is 12.3. The van der Waals surface area contributed by atoms with Crippen molar-refractivity contribution in [1.82, 2.24) is 20.0 Å². The predicted molar refractivity (Wildman–Crippen MR) is 84.6 cm³/mol. The number of carbonyl (C=O) groups is 1. The smallest absolute Gasteiger partial charge is 0.276 e. The summed E-state index contributed by atoms with van der Waals surface area (Å²) in [6.07, 6.45) is 2.10. The molecule has 0 radical (unpaired) electrons. The molecule has 0 bridgehead atoms. The molecule has 0 N–H and O–H groups in total. The summed E-state index contributed by atoms with van der Waals surface area (Å²) in [5.41, 5.74) is 0.644. The van der Waals surface area contributed by atoms with Gasteiger partial charge in [0, 0.05) is 30.0 Å². The number of pyridine rings is 1. The van der Waals surface area contributed by atoms with Crippen LogP contribution in [0.1, 0.15) is 23.0 Å². The molecule has 0 saturated carbocycles. The van der Waals surface area contributed by atoms with Crippen LogP contribution in [0, 0.1) is 0 Å². The number of likely N-dealkylation sites (tertiary alicyclic amines) is 1. The molecule has 3 aromatic heterocycles. The average Bonchev–Trinajstić information content (AvgIpc) is 3.31. The van der Waals surface area contributed by atoms with Crippen molar-refractivity contribution in [2.75, 3.05) is 6.54 Å². The van der Waals surface area contributed by atoms with Crippen LogP contribution < -0.4 is 0 Å². The number of hydrogen-bond donors (Lipinski definition) is 0. The number of carbonyl (C=O) groups excluding carboxylic acids is 1. The lowest BCUT2D eigenvalue weighted by molar-refractivity contribution is -0.128. The average molecular weight is 326 g/mol. The molecule has 1 atom stereocenters. The van der Waals surface area contributed by atoms with Crippen molar-refractivity contribution in [3.05, 3.63) is 52.6 Å². The number of hydrogen-bond acceptors (Lipinski definition) is 6. The third-order valence-electron chi connectivity index (χ3n) is 3.83. The fourth-order valence-corrected chi connectivity index (χ4v) is 3.40. The van der Waals surface area contributed by atoms with Crippen molar-refractivity contribution in [3.63, 3.8) is 0 Å². The molecule has 7 heteroatoms. The van der Waals surface area contributed by atoms with E-state index in [2.05, 4.69) is 15.1 Å². The second-order valence-electron chi connectivity index (χ2n) is 5.43. The highest BCUT2D eigenvalue weighted by atomic mass is 32.1. The monoisotopic (exact) mass is 326 g/mol. The fraction of sp³-hybridized carbons (Fsp3) is 0.250. The largest absolute Gasteiger partial charge is 0.337 e. The van der Waals surface area contributed by atoms with Gasteiger partial charge >= 0.3 is 0 Å². The van der Waals surface area contributed by atoms with Gasteiger partial charge in [-0.3, -0.25) is 9.78 Å². The second kappa shape index (κ2) is 5.92. The summed E-state index contributed by atoms with van der Waals surface area (Å²) < 4.78 is 5.29. The van der Waals surface area contributed by atoms with Gasteiger partial charge in [-0.2, -0.15) is 4.98 Å². The maximum absolute atomic E-state index is 12.2. The molecule has 6 nitrogen and oxygen atoms in total. The van der Waals surface area contributed by atoms with Crippen LogP contribution in [0.25, 0.3) is 11.6 Å². The van der Waals surface area contributed by atoms with Crippen LogP contribution in [-0.2, 0) is 11.3 Å². The minimum atomic E-state index is -0.0244. The topological polar surface area (TPSA) is 72.1 Å². The minimum absolute atomic E-state index is 0.0244. The van der Waals surface area contributed by atoms with Crippen molar-refractivity contribution in [2.24, 2.45) is 0 Å². The first-order valence-electron chi connectivity index (χ1n) is 7.35. The Balaban J connectivity index is 1.49. The summed E-state index contributed by atoms with van der Waals surface area (Å²) in [6.45, 7) is 1.27. The van der Waals surface area contributed by atoms with Crippen LogP contribution in [0.4, 0.5) is 0 Å². The first-order valence-corrected chi connectivity index (χ1v) is 8.23. The number of thiophene rings is 1. The Labute approximate surface area is 136 Å². The number of nitrogens with zero attached hydrogens (tertiary/aromatic N) is 4. The summed E-state index contributed by atoms with van der Waals surface area (Å²) in [7, 11) is 0. The minimum Gasteiger partial charge on any atom is -0.337 e. The third-order valence-corrected chi connectivity index (χ3v) is 4.69. The Morgan fingerprint density at radius 1 is 1.30 bits per heavy atom. The van der Waals surface area contributed by atoms with Gasteiger partial charge in [0.2, 0.25) is 5.91 Å². The zero-order valence-corrected chi connectivity index (χ0v) is 13.1. The van der Waals surface area contributed by atoms with Gasteiger partial charge in [0.25, 0.3) is 5.89 Å². The van der Waals surface area contributed by atoms with Crippen LogP contribution in [0.5, 0.6) is 0 Å². The normalized spacial score (nSPS) is 17.8. The Morgan fingerprint density at radius 3 is 3.04 bits per heavy atom. The van der Waals surface area contributed by atoms with Crippen LogP contribution in [0.2, 0.25) is 0 Å². The Kier molecular flexibility index (Phi) is 3.63. The van der Waals surface area contributed by atoms with Crippen molar-refractivity contribution >= 4 is 17.2 Å². The molecular formula is C16H14N4O2S. The maximum Gasteiger partial charge on any atom is 0.276 e. The molecule has 1 aliphatic rings. The zero-order chi connectivity index (χ0) is 15.6. The van der Waals surface area contributed by atoms with Gasteiger partial charge in [-0.25, -0.2) is 0 Å². The maximum atomic E-state index is 12.2. The molecule has 23 heavy (non-hydrogen) atoms. The lowest BCUT2D eigenvalue weighted by atomic mass is 10.1. The first-order chi connectivity index (χ1) is 11.3. The Bertz CT molecular complexity index is 801. The molecule has 1 amide bonds. The summed E-state index contributed by atoms with van der Waals surface area (Å²) in [5.74, 6) is 1.08. The van der Waals surface area contributed by atoms with E-state index in [4.69, 9.17) is 4.52 Å². The van der Waals surface area contributed by atoms with Crippen molar-refractivity contribution in [2.45, 2.75) is 18.9 Å². The first kappa shape index (κ1) is 14.1. The van der Waals surface area contributed by atoms with E-state index < -0.39 is 0 Å². The van der Waals surface area contributed by atoms with Crippen LogP contribution >= 0.6 is 11.3 Å². The van der Waals surface area contributed by atoms with E-state index in [0.717, 1.165) is 0 Å². The SMILES string of the molecule is O=C1CC(c2noc(-c3ccccn3)n2)CN1Cc1cccs1. The van der Waals surface area contributed by atoms with Crippen LogP contribution in [-0.4, -0.2) is 32.5 Å². The molecule has 0 aliphatic carbocycles. The Morgan fingerprint density at radius 2 is 2.26 bits per heavy atom. The van der Waals surface area contributed by atoms with Gasteiger partial charge in [0.1, 0.15) is 5.69 Å². The Hall–Kier alpha value is -2.54. The predicted octanol–water partition coefficient (Wildman–Crippen LogP) is 2.71. The lowest BCUT2D eigenvalue weighted by Crippen LogP contribution is -2.23. The van der Waals surface area contributed by atoms with E-state index in [1.165, 1.54) is 4.88 Å². The molecule has 116 valence electrons. The molecule has 1 unspecified atom stereocenters. The summed E-state index contributed by atoms with van der Waals surface area (Å²) in [6, 6.07) is 9.56. The molecule has 4 heterocycles. The van der Waals surface area contributed by atoms with E-state index in [9.17, 15) is 4.79 Å². The molecule has 1 aliphatic heterocycles. The number of rotatable bonds is 4. The van der Waals surface area contributed by atoms with Gasteiger partial charge in [-0.05, 0) is 23.6 Å². The van der Waals surface area contributed by atoms with Crippen LogP contribution in [0.3, 0.4) is 0 Å². The molecule has 0 spiro atoms. The standard InChI is InChI=1S/C16H14N4O2S/c21-14-8-11(9-20(14)10-12-4-3-7-23-12)15-18-16(22-19-15)13-5-1-2-6-17-13/h1-7,11H,8-10H2. The second-order valence-corrected chi connectivity index (χ2v) is 6.46. The van der Waals surface area contributed by atoms with Gasteiger partial charge in [-0.15, -0.1) is 11.3 Å². The molecule has 1 saturated heterocycles. The van der Waals surface area contributed by atoms with Crippen molar-refractivity contribution < 1.29 is 9.32 Å². The van der Waals surface area contributed by atoms with Gasteiger partial charge in [0.15, 0.2) is 5.82 Å². The highest BCUT2D eigenvalue weighted by Crippen LogP contribution is 2.29. The van der Waals surface area contributed by atoms with Gasteiger partial charge in [0.05, 0.1) is 6.54 Å². The highest BCUT2D eigenvalue weighted by molar-refractivity contribution is 7.09. The highest BCUT2D eigenvalue weighted by Gasteiger charge is 2.33. The fourth-order valence-electron chi connectivity index (χ4n) is 2.68. The third kappa shape index (κ3) is 2.87. The molecule has 1 fully saturated rings.